The predicted octanol–water partition coefficient (Wildman–Crippen LogP) is 3.05. The number of hydrogen-bond donors (Lipinski definition) is 1. The molecule has 0 aliphatic carbocycles. The van der Waals surface area contributed by atoms with Crippen molar-refractivity contribution < 1.29 is 0 Å². The number of aryl methyl sites for hydroxylation is 1. The van der Waals surface area contributed by atoms with Crippen LogP contribution in [0.15, 0.2) is 47.7 Å². The van der Waals surface area contributed by atoms with E-state index in [9.17, 15) is 0 Å². The smallest absolute Gasteiger partial charge is 0.193 e. The molecule has 1 aliphatic rings. The second kappa shape index (κ2) is 8.69. The highest BCUT2D eigenvalue weighted by atomic mass is 127. The van der Waals surface area contributed by atoms with Gasteiger partial charge in [-0.1, -0.05) is 37.3 Å². The lowest BCUT2D eigenvalue weighted by atomic mass is 9.82. The van der Waals surface area contributed by atoms with Crippen molar-refractivity contribution in [1.82, 2.24) is 20.0 Å². The topological polar surface area (TPSA) is 45.5 Å². The molecule has 0 saturated carbocycles. The van der Waals surface area contributed by atoms with Gasteiger partial charge in [-0.05, 0) is 24.5 Å². The SMILES string of the molecule is CN=C(NCCn1cc(C)cn1)N1CCC(C)(c2ccccc2)C1.I. The average Bonchev–Trinajstić information content (AvgIpc) is 3.19. The molecule has 1 fully saturated rings. The third-order valence-corrected chi connectivity index (χ3v) is 4.84. The number of hydrogen-bond acceptors (Lipinski definition) is 2. The Hall–Kier alpha value is -1.57. The Morgan fingerprint density at radius 2 is 2.08 bits per heavy atom. The molecule has 2 heterocycles. The molecular weight excluding hydrogens is 425 g/mol. The van der Waals surface area contributed by atoms with E-state index in [4.69, 9.17) is 0 Å². The summed E-state index contributed by atoms with van der Waals surface area (Å²) >= 11 is 0. The lowest BCUT2D eigenvalue weighted by molar-refractivity contribution is 0.436. The van der Waals surface area contributed by atoms with E-state index in [0.717, 1.165) is 38.6 Å². The summed E-state index contributed by atoms with van der Waals surface area (Å²) in [5.41, 5.74) is 2.80. The van der Waals surface area contributed by atoms with Crippen molar-refractivity contribution in [2.45, 2.75) is 32.2 Å². The van der Waals surface area contributed by atoms with Gasteiger partial charge in [-0.25, -0.2) is 0 Å². The van der Waals surface area contributed by atoms with Crippen LogP contribution in [0.25, 0.3) is 0 Å². The van der Waals surface area contributed by atoms with Crippen molar-refractivity contribution in [3.8, 4) is 0 Å². The number of guanidine groups is 1. The fourth-order valence-corrected chi connectivity index (χ4v) is 3.42. The van der Waals surface area contributed by atoms with Crippen LogP contribution in [0.5, 0.6) is 0 Å². The quantitative estimate of drug-likeness (QED) is 0.440. The zero-order valence-electron chi connectivity index (χ0n) is 15.3. The summed E-state index contributed by atoms with van der Waals surface area (Å²) in [6.07, 6.45) is 5.10. The molecule has 0 amide bonds. The third kappa shape index (κ3) is 4.74. The first-order chi connectivity index (χ1) is 11.6. The first-order valence-electron chi connectivity index (χ1n) is 8.61. The first-order valence-corrected chi connectivity index (χ1v) is 8.61. The van der Waals surface area contributed by atoms with Crippen LogP contribution < -0.4 is 5.32 Å². The second-order valence-electron chi connectivity index (χ2n) is 6.85. The summed E-state index contributed by atoms with van der Waals surface area (Å²) < 4.78 is 1.97. The molecule has 1 saturated heterocycles. The third-order valence-electron chi connectivity index (χ3n) is 4.84. The Balaban J connectivity index is 0.00000225. The van der Waals surface area contributed by atoms with Crippen molar-refractivity contribution in [3.05, 3.63) is 53.9 Å². The predicted molar refractivity (Wildman–Crippen MR) is 114 cm³/mol. The Labute approximate surface area is 167 Å². The maximum absolute atomic E-state index is 4.47. The molecule has 1 atom stereocenters. The number of rotatable bonds is 4. The Morgan fingerprint density at radius 3 is 2.72 bits per heavy atom. The number of halogens is 1. The summed E-state index contributed by atoms with van der Waals surface area (Å²) in [6, 6.07) is 10.8. The number of likely N-dealkylation sites (tertiary alicyclic amines) is 1. The van der Waals surface area contributed by atoms with Crippen LogP contribution in [0.3, 0.4) is 0 Å². The Morgan fingerprint density at radius 1 is 1.32 bits per heavy atom. The molecule has 1 unspecified atom stereocenters. The summed E-state index contributed by atoms with van der Waals surface area (Å²) in [4.78, 5) is 6.83. The van der Waals surface area contributed by atoms with Gasteiger partial charge in [-0.2, -0.15) is 5.10 Å². The van der Waals surface area contributed by atoms with E-state index in [0.29, 0.717) is 0 Å². The summed E-state index contributed by atoms with van der Waals surface area (Å²) in [5.74, 6) is 0.985. The summed E-state index contributed by atoms with van der Waals surface area (Å²) in [5, 5.41) is 7.80. The fraction of sp³-hybridized carbons (Fsp3) is 0.474. The summed E-state index contributed by atoms with van der Waals surface area (Å²) in [6.45, 7) is 8.11. The lowest BCUT2D eigenvalue weighted by Gasteiger charge is -2.27. The van der Waals surface area contributed by atoms with Crippen molar-refractivity contribution in [2.24, 2.45) is 4.99 Å². The number of aliphatic imine (C=N–C) groups is 1. The molecule has 1 aliphatic heterocycles. The minimum absolute atomic E-state index is 0. The van der Waals surface area contributed by atoms with Gasteiger partial charge in [0.25, 0.3) is 0 Å². The molecule has 1 aromatic heterocycles. The van der Waals surface area contributed by atoms with Crippen LogP contribution in [-0.4, -0.2) is 47.3 Å². The molecule has 3 rings (SSSR count). The summed E-state index contributed by atoms with van der Waals surface area (Å²) in [7, 11) is 1.86. The maximum atomic E-state index is 4.47. The van der Waals surface area contributed by atoms with E-state index in [1.165, 1.54) is 11.1 Å². The normalized spacial score (nSPS) is 20.4. The molecule has 0 spiro atoms. The van der Waals surface area contributed by atoms with Gasteiger partial charge in [-0.3, -0.25) is 9.67 Å². The van der Waals surface area contributed by atoms with Gasteiger partial charge in [0.1, 0.15) is 0 Å². The molecular formula is C19H28IN5. The van der Waals surface area contributed by atoms with Crippen LogP contribution in [-0.2, 0) is 12.0 Å². The van der Waals surface area contributed by atoms with Crippen molar-refractivity contribution >= 4 is 29.9 Å². The number of nitrogens with one attached hydrogen (secondary N) is 1. The Kier molecular flexibility index (Phi) is 6.87. The molecule has 2 aromatic rings. The second-order valence-corrected chi connectivity index (χ2v) is 6.85. The van der Waals surface area contributed by atoms with E-state index in [2.05, 4.69) is 70.7 Å². The van der Waals surface area contributed by atoms with Gasteiger partial charge in [-0.15, -0.1) is 24.0 Å². The molecule has 136 valence electrons. The molecule has 6 heteroatoms. The van der Waals surface area contributed by atoms with Gasteiger partial charge in [0.05, 0.1) is 12.7 Å². The molecule has 0 radical (unpaired) electrons. The monoisotopic (exact) mass is 453 g/mol. The van der Waals surface area contributed by atoms with Crippen molar-refractivity contribution in [3.63, 3.8) is 0 Å². The lowest BCUT2D eigenvalue weighted by Crippen LogP contribution is -2.42. The first kappa shape index (κ1) is 19.8. The molecule has 5 nitrogen and oxygen atoms in total. The molecule has 1 N–H and O–H groups in total. The standard InChI is InChI=1S/C19H27N5.HI/c1-16-13-22-24(14-16)12-10-21-18(20-3)23-11-9-19(2,15-23)17-7-5-4-6-8-17;/h4-8,13-14H,9-12,15H2,1-3H3,(H,20,21);1H. The average molecular weight is 453 g/mol. The Bertz CT molecular complexity index is 697. The van der Waals surface area contributed by atoms with Crippen LogP contribution in [0.2, 0.25) is 0 Å². The van der Waals surface area contributed by atoms with Gasteiger partial charge in [0.15, 0.2) is 5.96 Å². The van der Waals surface area contributed by atoms with Crippen LogP contribution in [0, 0.1) is 6.92 Å². The van der Waals surface area contributed by atoms with E-state index in [-0.39, 0.29) is 29.4 Å². The largest absolute Gasteiger partial charge is 0.354 e. The minimum Gasteiger partial charge on any atom is -0.354 e. The van der Waals surface area contributed by atoms with E-state index in [1.54, 1.807) is 0 Å². The number of aromatic nitrogens is 2. The van der Waals surface area contributed by atoms with Gasteiger partial charge in [0, 0.05) is 38.3 Å². The fourth-order valence-electron chi connectivity index (χ4n) is 3.42. The van der Waals surface area contributed by atoms with Crippen LogP contribution in [0.4, 0.5) is 0 Å². The van der Waals surface area contributed by atoms with Crippen LogP contribution >= 0.6 is 24.0 Å². The number of nitrogens with zero attached hydrogens (tertiary/aromatic N) is 4. The van der Waals surface area contributed by atoms with E-state index >= 15 is 0 Å². The zero-order valence-corrected chi connectivity index (χ0v) is 17.6. The minimum atomic E-state index is 0. The molecule has 1 aromatic carbocycles. The van der Waals surface area contributed by atoms with E-state index < -0.39 is 0 Å². The van der Waals surface area contributed by atoms with Gasteiger partial charge in [0.2, 0.25) is 0 Å². The highest BCUT2D eigenvalue weighted by Gasteiger charge is 2.36. The zero-order chi connectivity index (χ0) is 17.0. The highest BCUT2D eigenvalue weighted by Crippen LogP contribution is 2.33. The number of benzene rings is 1. The van der Waals surface area contributed by atoms with Crippen LogP contribution in [0.1, 0.15) is 24.5 Å². The van der Waals surface area contributed by atoms with Crippen molar-refractivity contribution in [1.29, 1.82) is 0 Å². The maximum Gasteiger partial charge on any atom is 0.193 e. The highest BCUT2D eigenvalue weighted by molar-refractivity contribution is 14.0. The van der Waals surface area contributed by atoms with Gasteiger partial charge >= 0.3 is 0 Å². The molecule has 0 bridgehead atoms. The van der Waals surface area contributed by atoms with Crippen molar-refractivity contribution in [2.75, 3.05) is 26.7 Å². The van der Waals surface area contributed by atoms with E-state index in [1.807, 2.05) is 17.9 Å². The molecule has 25 heavy (non-hydrogen) atoms. The van der Waals surface area contributed by atoms with Gasteiger partial charge < -0.3 is 10.2 Å².